The van der Waals surface area contributed by atoms with Crippen molar-refractivity contribution in [2.75, 3.05) is 13.7 Å². The fourth-order valence-electron chi connectivity index (χ4n) is 1.89. The molecule has 7 nitrogen and oxygen atoms in total. The molecule has 0 saturated heterocycles. The summed E-state index contributed by atoms with van der Waals surface area (Å²) in [5.41, 5.74) is 1.91. The first-order valence-corrected chi connectivity index (χ1v) is 8.21. The van der Waals surface area contributed by atoms with E-state index in [4.69, 9.17) is 0 Å². The molecule has 0 radical (unpaired) electrons. The van der Waals surface area contributed by atoms with Crippen LogP contribution < -0.4 is 16.2 Å². The number of aliphatic hydroxyl groups excluding tert-OH is 1. The minimum Gasteiger partial charge on any atom is -0.395 e. The number of H-pyrrole nitrogens is 2. The quantitative estimate of drug-likeness (QED) is 0.552. The molecule has 0 aliphatic heterocycles. The van der Waals surface area contributed by atoms with Gasteiger partial charge in [0.25, 0.3) is 5.56 Å². The maximum absolute atomic E-state index is 11.5. The number of hydrogen-bond acceptors (Lipinski definition) is 5. The largest absolute Gasteiger partial charge is 0.395 e. The van der Waals surface area contributed by atoms with E-state index >= 15 is 0 Å². The Balaban J connectivity index is 0.000000773. The third-order valence-corrected chi connectivity index (χ3v) is 3.31. The lowest BCUT2D eigenvalue weighted by Gasteiger charge is -2.19. The number of fused-ring (bicyclic) bond motifs is 1. The van der Waals surface area contributed by atoms with Crippen LogP contribution >= 0.6 is 0 Å². The van der Waals surface area contributed by atoms with E-state index in [1.807, 2.05) is 34.7 Å². The van der Waals surface area contributed by atoms with E-state index in [1.54, 1.807) is 12.4 Å². The van der Waals surface area contributed by atoms with Crippen molar-refractivity contribution in [2.45, 2.75) is 40.3 Å². The second kappa shape index (κ2) is 12.3. The molecule has 7 heteroatoms. The molecule has 1 atom stereocenters. The summed E-state index contributed by atoms with van der Waals surface area (Å²) in [6.07, 6.45) is 4.79. The van der Waals surface area contributed by atoms with E-state index in [9.17, 15) is 9.90 Å². The Hall–Kier alpha value is -2.12. The number of aliphatic hydroxyl groups is 1. The molecule has 0 fully saturated rings. The topological polar surface area (TPSA) is 106 Å². The molecule has 5 N–H and O–H groups in total. The zero-order valence-electron chi connectivity index (χ0n) is 15.3. The van der Waals surface area contributed by atoms with Crippen molar-refractivity contribution in [3.8, 4) is 0 Å². The Kier molecular flexibility index (Phi) is 11.2. The van der Waals surface area contributed by atoms with Crippen molar-refractivity contribution in [1.29, 1.82) is 0 Å². The lowest BCUT2D eigenvalue weighted by Crippen LogP contribution is -2.36. The standard InChI is InChI=1S/C12H18N4O2.C3H7N.C2H6/c1-7(2)9(5-17)13-3-8-4-14-11-10(8)15-6-16-12(11)18;1-3-4-2;1-2/h4,6-7,9,13-14,17H,3,5H2,1-2H3,(H,15,16,18);3-4H,1H2,2H3;1-2H3/t9-;;/m1../s1. The number of hydrogen-bond donors (Lipinski definition) is 5. The van der Waals surface area contributed by atoms with Gasteiger partial charge >= 0.3 is 0 Å². The van der Waals surface area contributed by atoms with Crippen LogP contribution in [0.2, 0.25) is 0 Å². The van der Waals surface area contributed by atoms with Crippen molar-refractivity contribution in [1.82, 2.24) is 25.6 Å². The van der Waals surface area contributed by atoms with Gasteiger partial charge in [0.05, 0.1) is 18.5 Å². The third-order valence-electron chi connectivity index (χ3n) is 3.31. The van der Waals surface area contributed by atoms with Gasteiger partial charge in [0.1, 0.15) is 5.52 Å². The highest BCUT2D eigenvalue weighted by atomic mass is 16.3. The third kappa shape index (κ3) is 6.55. The van der Waals surface area contributed by atoms with Crippen molar-refractivity contribution < 1.29 is 5.11 Å². The first kappa shape index (κ1) is 21.9. The van der Waals surface area contributed by atoms with E-state index in [0.29, 0.717) is 23.5 Å². The number of nitrogens with zero attached hydrogens (tertiary/aromatic N) is 1. The number of aromatic nitrogens is 3. The fraction of sp³-hybridized carbons (Fsp3) is 0.529. The monoisotopic (exact) mass is 337 g/mol. The van der Waals surface area contributed by atoms with Gasteiger partial charge in [-0.25, -0.2) is 4.98 Å². The maximum Gasteiger partial charge on any atom is 0.275 e. The summed E-state index contributed by atoms with van der Waals surface area (Å²) in [4.78, 5) is 21.1. The molecule has 24 heavy (non-hydrogen) atoms. The Morgan fingerprint density at radius 1 is 1.38 bits per heavy atom. The lowest BCUT2D eigenvalue weighted by molar-refractivity contribution is 0.210. The minimum atomic E-state index is -0.172. The number of rotatable bonds is 6. The average molecular weight is 337 g/mol. The molecule has 2 heterocycles. The number of nitrogens with one attached hydrogen (secondary N) is 4. The molecule has 0 saturated carbocycles. The molecule has 2 rings (SSSR count). The van der Waals surface area contributed by atoms with Gasteiger partial charge in [-0.05, 0) is 12.1 Å². The first-order valence-electron chi connectivity index (χ1n) is 8.21. The summed E-state index contributed by atoms with van der Waals surface area (Å²) in [5, 5.41) is 15.2. The van der Waals surface area contributed by atoms with Crippen molar-refractivity contribution in [3.05, 3.63) is 41.2 Å². The van der Waals surface area contributed by atoms with E-state index in [1.165, 1.54) is 6.33 Å². The van der Waals surface area contributed by atoms with Gasteiger partial charge in [0.15, 0.2) is 0 Å². The van der Waals surface area contributed by atoms with Crippen molar-refractivity contribution >= 4 is 11.0 Å². The predicted octanol–water partition coefficient (Wildman–Crippen LogP) is 1.73. The van der Waals surface area contributed by atoms with Crippen LogP contribution in [0.3, 0.4) is 0 Å². The smallest absolute Gasteiger partial charge is 0.275 e. The molecule has 0 aliphatic carbocycles. The van der Waals surface area contributed by atoms with Crippen LogP contribution in [-0.4, -0.2) is 39.8 Å². The SMILES string of the molecule is C=CNC.CC.CC(C)[C@@H](CO)NCc1c[nH]c2c(=O)[nH]cnc12. The molecule has 0 bridgehead atoms. The van der Waals surface area contributed by atoms with Gasteiger partial charge in [-0.3, -0.25) is 4.79 Å². The maximum atomic E-state index is 11.5. The van der Waals surface area contributed by atoms with Gasteiger partial charge < -0.3 is 25.7 Å². The fourth-order valence-corrected chi connectivity index (χ4v) is 1.89. The summed E-state index contributed by atoms with van der Waals surface area (Å²) >= 11 is 0. The molecule has 0 spiro atoms. The van der Waals surface area contributed by atoms with Gasteiger partial charge in [0.2, 0.25) is 0 Å². The molecule has 2 aromatic rings. The zero-order chi connectivity index (χ0) is 18.5. The van der Waals surface area contributed by atoms with Crippen LogP contribution in [0.25, 0.3) is 11.0 Å². The Bertz CT molecular complexity index is 633. The summed E-state index contributed by atoms with van der Waals surface area (Å²) in [6, 6.07) is 0.0388. The molecule has 0 aromatic carbocycles. The van der Waals surface area contributed by atoms with Gasteiger partial charge in [-0.2, -0.15) is 0 Å². The molecule has 0 unspecified atom stereocenters. The highest BCUT2D eigenvalue weighted by Gasteiger charge is 2.13. The van der Waals surface area contributed by atoms with Crippen LogP contribution in [0.1, 0.15) is 33.3 Å². The Labute approximate surface area is 143 Å². The Morgan fingerprint density at radius 3 is 2.50 bits per heavy atom. The predicted molar refractivity (Wildman–Crippen MR) is 99.9 cm³/mol. The average Bonchev–Trinajstić information content (AvgIpc) is 3.02. The van der Waals surface area contributed by atoms with Crippen LogP contribution in [0, 0.1) is 5.92 Å². The zero-order valence-corrected chi connectivity index (χ0v) is 15.3. The van der Waals surface area contributed by atoms with Crippen LogP contribution in [-0.2, 0) is 6.54 Å². The lowest BCUT2D eigenvalue weighted by atomic mass is 10.1. The molecule has 0 amide bonds. The molecular formula is C17H31N5O2. The second-order valence-electron chi connectivity index (χ2n) is 5.18. The van der Waals surface area contributed by atoms with Crippen LogP contribution in [0.15, 0.2) is 30.1 Å². The van der Waals surface area contributed by atoms with E-state index < -0.39 is 0 Å². The van der Waals surface area contributed by atoms with Crippen LogP contribution in [0.4, 0.5) is 0 Å². The van der Waals surface area contributed by atoms with Gasteiger partial charge in [0, 0.05) is 31.4 Å². The first-order chi connectivity index (χ1) is 11.5. The van der Waals surface area contributed by atoms with Crippen LogP contribution in [0.5, 0.6) is 0 Å². The highest BCUT2D eigenvalue weighted by Crippen LogP contribution is 2.12. The van der Waals surface area contributed by atoms with Crippen molar-refractivity contribution in [2.24, 2.45) is 5.92 Å². The van der Waals surface area contributed by atoms with Gasteiger partial charge in [-0.15, -0.1) is 0 Å². The number of aromatic amines is 2. The highest BCUT2D eigenvalue weighted by molar-refractivity contribution is 5.77. The van der Waals surface area contributed by atoms with E-state index in [0.717, 1.165) is 5.56 Å². The minimum absolute atomic E-state index is 0.0388. The molecule has 136 valence electrons. The van der Waals surface area contributed by atoms with Crippen molar-refractivity contribution in [3.63, 3.8) is 0 Å². The molecular weight excluding hydrogens is 306 g/mol. The summed E-state index contributed by atoms with van der Waals surface area (Å²) in [7, 11) is 1.81. The second-order valence-corrected chi connectivity index (χ2v) is 5.18. The molecule has 2 aromatic heterocycles. The normalized spacial score (nSPS) is 11.1. The molecule has 0 aliphatic rings. The van der Waals surface area contributed by atoms with Gasteiger partial charge in [-0.1, -0.05) is 34.3 Å². The summed E-state index contributed by atoms with van der Waals surface area (Å²) in [6.45, 7) is 12.1. The summed E-state index contributed by atoms with van der Waals surface area (Å²) in [5.74, 6) is 0.344. The van der Waals surface area contributed by atoms with E-state index in [-0.39, 0.29) is 18.2 Å². The van der Waals surface area contributed by atoms with E-state index in [2.05, 4.69) is 32.2 Å². The summed E-state index contributed by atoms with van der Waals surface area (Å²) < 4.78 is 0. The Morgan fingerprint density at radius 2 is 2.00 bits per heavy atom.